The molecule has 4 fully saturated rings. The minimum Gasteiger partial charge on any atom is -0.433 e. The highest BCUT2D eigenvalue weighted by atomic mass is 16.7. The predicted molar refractivity (Wildman–Crippen MR) is 131 cm³/mol. The molecule has 4 aliphatic carbocycles. The molecule has 0 bridgehead atoms. The predicted octanol–water partition coefficient (Wildman–Crippen LogP) is 6.76. The Bertz CT molecular complexity index is 1010. The van der Waals surface area contributed by atoms with Crippen molar-refractivity contribution in [2.24, 2.45) is 39.4 Å². The van der Waals surface area contributed by atoms with E-state index in [1.54, 1.807) is 11.1 Å². The fourth-order valence-electron chi connectivity index (χ4n) is 10.7. The van der Waals surface area contributed by atoms with E-state index in [-0.39, 0.29) is 39.1 Å². The lowest BCUT2D eigenvalue weighted by Crippen LogP contribution is -2.57. The number of fused-ring (bicyclic) bond motifs is 5. The van der Waals surface area contributed by atoms with Crippen molar-refractivity contribution >= 4 is 11.8 Å². The average Bonchev–Trinajstić information content (AvgIpc) is 3.28. The molecule has 6 rings (SSSR count). The van der Waals surface area contributed by atoms with Crippen LogP contribution in [-0.4, -0.2) is 23.1 Å². The monoisotopic (exact) mass is 468 g/mol. The van der Waals surface area contributed by atoms with E-state index in [9.17, 15) is 9.59 Å². The van der Waals surface area contributed by atoms with Crippen molar-refractivity contribution in [3.05, 3.63) is 11.1 Å². The fourth-order valence-corrected chi connectivity index (χ4v) is 10.7. The molecule has 6 aliphatic rings. The SMILES string of the molecule is C[C@@H]1C[C@@]2(C[C@@H](C)[C@]3(CC[C@@]4(C)C5=C(CC[C@@]43C)[C@@]3(C)CCC(=O)C(C)(C)[C@@H]3CC5)O2)OC1=O. The zero-order valence-electron chi connectivity index (χ0n) is 22.4. The molecule has 188 valence electrons. The molecule has 0 unspecified atom stereocenters. The van der Waals surface area contributed by atoms with Crippen LogP contribution in [0.25, 0.3) is 0 Å². The maximum absolute atomic E-state index is 12.9. The molecule has 4 nitrogen and oxygen atoms in total. The molecular formula is C30H44O4. The number of ketones is 1. The van der Waals surface area contributed by atoms with Gasteiger partial charge >= 0.3 is 5.97 Å². The first-order valence-corrected chi connectivity index (χ1v) is 13.9. The number of carbonyl (C=O) groups is 2. The van der Waals surface area contributed by atoms with Gasteiger partial charge in [-0.2, -0.15) is 0 Å². The Morgan fingerprint density at radius 3 is 2.24 bits per heavy atom. The van der Waals surface area contributed by atoms with Crippen LogP contribution in [0.5, 0.6) is 0 Å². The van der Waals surface area contributed by atoms with Crippen molar-refractivity contribution in [1.82, 2.24) is 0 Å². The van der Waals surface area contributed by atoms with Gasteiger partial charge in [-0.15, -0.1) is 0 Å². The lowest BCUT2D eigenvalue weighted by molar-refractivity contribution is -0.255. The Kier molecular flexibility index (Phi) is 4.50. The molecule has 0 amide bonds. The molecule has 2 heterocycles. The number of rotatable bonds is 0. The highest BCUT2D eigenvalue weighted by Gasteiger charge is 2.74. The van der Waals surface area contributed by atoms with Crippen molar-refractivity contribution in [3.8, 4) is 0 Å². The maximum atomic E-state index is 12.9. The summed E-state index contributed by atoms with van der Waals surface area (Å²) in [5, 5.41) is 0. The Balaban J connectivity index is 1.41. The van der Waals surface area contributed by atoms with E-state index in [4.69, 9.17) is 9.47 Å². The molecule has 0 aromatic carbocycles. The largest absolute Gasteiger partial charge is 0.433 e. The number of hydrogen-bond acceptors (Lipinski definition) is 4. The first-order chi connectivity index (χ1) is 15.7. The Labute approximate surface area is 205 Å². The summed E-state index contributed by atoms with van der Waals surface area (Å²) in [6.07, 6.45) is 9.97. The molecule has 4 heteroatoms. The second-order valence-corrected chi connectivity index (χ2v) is 14.3. The maximum Gasteiger partial charge on any atom is 0.311 e. The van der Waals surface area contributed by atoms with Crippen molar-refractivity contribution in [2.75, 3.05) is 0 Å². The van der Waals surface area contributed by atoms with Gasteiger partial charge in [-0.05, 0) is 67.6 Å². The van der Waals surface area contributed by atoms with E-state index in [0.29, 0.717) is 24.0 Å². The number of allylic oxidation sites excluding steroid dienone is 2. The quantitative estimate of drug-likeness (QED) is 0.291. The summed E-state index contributed by atoms with van der Waals surface area (Å²) in [6.45, 7) is 16.3. The summed E-state index contributed by atoms with van der Waals surface area (Å²) < 4.78 is 13.1. The number of esters is 1. The zero-order chi connectivity index (χ0) is 24.5. The number of carbonyl (C=O) groups excluding carboxylic acids is 2. The van der Waals surface area contributed by atoms with Gasteiger partial charge in [0, 0.05) is 30.1 Å². The topological polar surface area (TPSA) is 52.6 Å². The number of Topliss-reactive ketones (excluding diaryl/α,β-unsaturated/α-hetero) is 1. The van der Waals surface area contributed by atoms with Crippen LogP contribution < -0.4 is 0 Å². The summed E-state index contributed by atoms with van der Waals surface area (Å²) in [7, 11) is 0. The Morgan fingerprint density at radius 1 is 0.824 bits per heavy atom. The Hall–Kier alpha value is -1.16. The van der Waals surface area contributed by atoms with Crippen LogP contribution in [0.15, 0.2) is 11.1 Å². The van der Waals surface area contributed by atoms with Crippen LogP contribution in [0.4, 0.5) is 0 Å². The van der Waals surface area contributed by atoms with Crippen LogP contribution in [0.2, 0.25) is 0 Å². The second kappa shape index (κ2) is 6.58. The van der Waals surface area contributed by atoms with Crippen LogP contribution in [0, 0.1) is 39.4 Å². The van der Waals surface area contributed by atoms with Crippen molar-refractivity contribution < 1.29 is 19.1 Å². The third kappa shape index (κ3) is 2.45. The van der Waals surface area contributed by atoms with Crippen LogP contribution >= 0.6 is 0 Å². The lowest BCUT2D eigenvalue weighted by atomic mass is 9.43. The molecule has 8 atom stereocenters. The third-order valence-electron chi connectivity index (χ3n) is 12.7. The van der Waals surface area contributed by atoms with Gasteiger partial charge in [-0.3, -0.25) is 9.59 Å². The molecule has 0 radical (unpaired) electrons. The summed E-state index contributed by atoms with van der Waals surface area (Å²) in [5.74, 6) is 0.409. The van der Waals surface area contributed by atoms with Gasteiger partial charge in [-0.1, -0.05) is 59.6 Å². The minimum absolute atomic E-state index is 0.0309. The Morgan fingerprint density at radius 2 is 1.56 bits per heavy atom. The summed E-state index contributed by atoms with van der Waals surface area (Å²) in [5.41, 5.74) is 3.23. The van der Waals surface area contributed by atoms with Gasteiger partial charge in [-0.25, -0.2) is 0 Å². The molecule has 0 N–H and O–H groups in total. The number of ether oxygens (including phenoxy) is 2. The summed E-state index contributed by atoms with van der Waals surface area (Å²) >= 11 is 0. The number of hydrogen-bond donors (Lipinski definition) is 0. The highest BCUT2D eigenvalue weighted by molar-refractivity contribution is 5.85. The standard InChI is InChI=1S/C30H44O4/c1-18-16-29(33-24(18)32)17-19(2)30(34-29)15-14-27(6)21-8-9-22-25(3,4)23(31)11-12-26(22,5)20(21)10-13-28(27,30)7/h18-19,22H,8-17H2,1-7H3/t18-,19-,22+,26-,27+,28+,29-,30+/m1/s1. The molecule has 34 heavy (non-hydrogen) atoms. The van der Waals surface area contributed by atoms with Gasteiger partial charge in [0.25, 0.3) is 0 Å². The first-order valence-electron chi connectivity index (χ1n) is 13.9. The van der Waals surface area contributed by atoms with E-state index >= 15 is 0 Å². The molecule has 2 spiro atoms. The average molecular weight is 469 g/mol. The minimum atomic E-state index is -0.712. The van der Waals surface area contributed by atoms with Crippen LogP contribution in [-0.2, 0) is 19.1 Å². The van der Waals surface area contributed by atoms with E-state index in [1.165, 1.54) is 0 Å². The zero-order valence-corrected chi connectivity index (χ0v) is 22.4. The van der Waals surface area contributed by atoms with E-state index in [1.807, 2.05) is 6.92 Å². The van der Waals surface area contributed by atoms with Gasteiger partial charge in [0.2, 0.25) is 5.79 Å². The van der Waals surface area contributed by atoms with E-state index in [2.05, 4.69) is 41.5 Å². The van der Waals surface area contributed by atoms with Gasteiger partial charge in [0.15, 0.2) is 0 Å². The van der Waals surface area contributed by atoms with E-state index < -0.39 is 5.79 Å². The molecule has 2 aliphatic heterocycles. The molecule has 0 aromatic heterocycles. The van der Waals surface area contributed by atoms with Crippen molar-refractivity contribution in [1.29, 1.82) is 0 Å². The fraction of sp³-hybridized carbons (Fsp3) is 0.867. The molecule has 2 saturated carbocycles. The second-order valence-electron chi connectivity index (χ2n) is 14.3. The van der Waals surface area contributed by atoms with Crippen molar-refractivity contribution in [2.45, 2.75) is 124 Å². The normalized spacial score (nSPS) is 53.8. The summed E-state index contributed by atoms with van der Waals surface area (Å²) in [4.78, 5) is 25.2. The summed E-state index contributed by atoms with van der Waals surface area (Å²) in [6, 6.07) is 0. The van der Waals surface area contributed by atoms with Crippen LogP contribution in [0.3, 0.4) is 0 Å². The van der Waals surface area contributed by atoms with Crippen molar-refractivity contribution in [3.63, 3.8) is 0 Å². The molecule has 0 aromatic rings. The highest BCUT2D eigenvalue weighted by Crippen LogP contribution is 2.76. The lowest BCUT2D eigenvalue weighted by Gasteiger charge is -2.62. The molecule has 2 saturated heterocycles. The van der Waals surface area contributed by atoms with Gasteiger partial charge in [0.1, 0.15) is 5.78 Å². The van der Waals surface area contributed by atoms with E-state index in [0.717, 1.165) is 57.8 Å². The molecular weight excluding hydrogens is 424 g/mol. The van der Waals surface area contributed by atoms with Crippen LogP contribution in [0.1, 0.15) is 113 Å². The van der Waals surface area contributed by atoms with Gasteiger partial charge in [0.05, 0.1) is 11.5 Å². The van der Waals surface area contributed by atoms with Gasteiger partial charge < -0.3 is 9.47 Å². The first kappa shape index (κ1) is 23.3. The third-order valence-corrected chi connectivity index (χ3v) is 12.7. The smallest absolute Gasteiger partial charge is 0.311 e.